The second-order valence-corrected chi connectivity index (χ2v) is 15.0. The van der Waals surface area contributed by atoms with Crippen LogP contribution in [-0.2, 0) is 10.8 Å². The molecule has 10 rings (SSSR count). The van der Waals surface area contributed by atoms with Crippen LogP contribution in [0.5, 0.6) is 0 Å². The monoisotopic (exact) mass is 612 g/mol. The Morgan fingerprint density at radius 2 is 0.646 bits per heavy atom. The molecule has 0 nitrogen and oxygen atoms in total. The Morgan fingerprint density at radius 1 is 0.292 bits per heavy atom. The molecule has 0 heteroatoms. The molecule has 0 bridgehead atoms. The first kappa shape index (κ1) is 27.6. The quantitative estimate of drug-likeness (QED) is 0.170. The minimum absolute atomic E-state index is 0.0132. The highest BCUT2D eigenvalue weighted by Gasteiger charge is 2.36. The molecule has 0 aliphatic heterocycles. The third-order valence-electron chi connectivity index (χ3n) is 11.7. The zero-order valence-electron chi connectivity index (χ0n) is 27.9. The Labute approximate surface area is 282 Å². The van der Waals surface area contributed by atoms with Gasteiger partial charge in [0.1, 0.15) is 0 Å². The molecule has 0 atom stereocenters. The summed E-state index contributed by atoms with van der Waals surface area (Å²) in [5.41, 5.74) is 16.2. The normalized spacial score (nSPS) is 15.0. The SMILES string of the molecule is CC1(C)c2ccccc2-c2ccc(-c3ccc4ccc5c6cc(-c7ccc8c(c7)C(C)(C)c7ccccc7-8)ccc6ccc5c4c3)cc21. The second kappa shape index (κ2) is 9.55. The highest BCUT2D eigenvalue weighted by Crippen LogP contribution is 2.51. The van der Waals surface area contributed by atoms with Crippen LogP contribution in [0.3, 0.4) is 0 Å². The molecule has 0 amide bonds. The number of hydrogen-bond donors (Lipinski definition) is 0. The summed E-state index contributed by atoms with van der Waals surface area (Å²) in [5.74, 6) is 0. The molecule has 2 aliphatic carbocycles. The number of fused-ring (bicyclic) bond motifs is 11. The van der Waals surface area contributed by atoms with Crippen molar-refractivity contribution in [1.82, 2.24) is 0 Å². The molecule has 0 saturated carbocycles. The summed E-state index contributed by atoms with van der Waals surface area (Å²) in [4.78, 5) is 0. The average Bonchev–Trinajstić information content (AvgIpc) is 3.50. The van der Waals surface area contributed by atoms with Gasteiger partial charge in [-0.1, -0.05) is 149 Å². The smallest absolute Gasteiger partial charge is 0.0159 e. The van der Waals surface area contributed by atoms with Gasteiger partial charge in [0.15, 0.2) is 0 Å². The summed E-state index contributed by atoms with van der Waals surface area (Å²) < 4.78 is 0. The lowest BCUT2D eigenvalue weighted by Crippen LogP contribution is -2.14. The first-order valence-electron chi connectivity index (χ1n) is 17.2. The van der Waals surface area contributed by atoms with Crippen LogP contribution >= 0.6 is 0 Å². The topological polar surface area (TPSA) is 0 Å². The van der Waals surface area contributed by atoms with E-state index in [0.717, 1.165) is 0 Å². The van der Waals surface area contributed by atoms with Gasteiger partial charge in [-0.3, -0.25) is 0 Å². The highest BCUT2D eigenvalue weighted by molar-refractivity contribution is 6.18. The van der Waals surface area contributed by atoms with Crippen molar-refractivity contribution in [2.75, 3.05) is 0 Å². The van der Waals surface area contributed by atoms with E-state index in [9.17, 15) is 0 Å². The van der Waals surface area contributed by atoms with Gasteiger partial charge >= 0.3 is 0 Å². The fourth-order valence-electron chi connectivity index (χ4n) is 8.99. The van der Waals surface area contributed by atoms with Crippen molar-refractivity contribution in [3.05, 3.63) is 168 Å². The van der Waals surface area contributed by atoms with E-state index in [-0.39, 0.29) is 10.8 Å². The Kier molecular flexibility index (Phi) is 5.50. The number of rotatable bonds is 2. The third-order valence-corrected chi connectivity index (χ3v) is 11.7. The van der Waals surface area contributed by atoms with Crippen LogP contribution < -0.4 is 0 Å². The minimum Gasteiger partial charge on any atom is -0.0619 e. The fraction of sp³-hybridized carbons (Fsp3) is 0.125. The zero-order valence-corrected chi connectivity index (χ0v) is 27.9. The maximum atomic E-state index is 2.43. The molecule has 48 heavy (non-hydrogen) atoms. The minimum atomic E-state index is -0.0132. The Morgan fingerprint density at radius 3 is 1.10 bits per heavy atom. The van der Waals surface area contributed by atoms with Crippen LogP contribution in [0.15, 0.2) is 146 Å². The molecule has 0 unspecified atom stereocenters. The molecule has 8 aromatic rings. The van der Waals surface area contributed by atoms with Gasteiger partial charge in [-0.05, 0) is 123 Å². The predicted octanol–water partition coefficient (Wildman–Crippen LogP) is 13.1. The fourth-order valence-corrected chi connectivity index (χ4v) is 8.99. The zero-order chi connectivity index (χ0) is 32.4. The summed E-state index contributed by atoms with van der Waals surface area (Å²) in [6.45, 7) is 9.43. The molecule has 0 heterocycles. The second-order valence-electron chi connectivity index (χ2n) is 15.0. The van der Waals surface area contributed by atoms with E-state index in [1.54, 1.807) is 0 Å². The van der Waals surface area contributed by atoms with E-state index in [0.29, 0.717) is 0 Å². The van der Waals surface area contributed by atoms with Crippen LogP contribution in [0.4, 0.5) is 0 Å². The number of hydrogen-bond acceptors (Lipinski definition) is 0. The molecular formula is C48H36. The van der Waals surface area contributed by atoms with E-state index in [4.69, 9.17) is 0 Å². The summed E-state index contributed by atoms with van der Waals surface area (Å²) in [6, 6.07) is 55.1. The summed E-state index contributed by atoms with van der Waals surface area (Å²) in [6.07, 6.45) is 0. The van der Waals surface area contributed by atoms with Crippen molar-refractivity contribution in [3.63, 3.8) is 0 Å². The maximum Gasteiger partial charge on any atom is 0.0159 e. The largest absolute Gasteiger partial charge is 0.0619 e. The van der Waals surface area contributed by atoms with Gasteiger partial charge in [-0.25, -0.2) is 0 Å². The van der Waals surface area contributed by atoms with Gasteiger partial charge in [-0.2, -0.15) is 0 Å². The Balaban J connectivity index is 1.10. The van der Waals surface area contributed by atoms with Gasteiger partial charge in [0.05, 0.1) is 0 Å². The van der Waals surface area contributed by atoms with Crippen molar-refractivity contribution in [3.8, 4) is 44.5 Å². The Bertz CT molecular complexity index is 2480. The van der Waals surface area contributed by atoms with Crippen LogP contribution in [0.1, 0.15) is 49.9 Å². The molecule has 0 fully saturated rings. The molecule has 8 aromatic carbocycles. The lowest BCUT2D eigenvalue weighted by atomic mass is 9.81. The number of benzene rings is 8. The van der Waals surface area contributed by atoms with Gasteiger partial charge < -0.3 is 0 Å². The summed E-state index contributed by atoms with van der Waals surface area (Å²) in [7, 11) is 0. The van der Waals surface area contributed by atoms with E-state index < -0.39 is 0 Å². The van der Waals surface area contributed by atoms with Crippen LogP contribution in [0.25, 0.3) is 76.8 Å². The maximum absolute atomic E-state index is 2.43. The lowest BCUT2D eigenvalue weighted by Gasteiger charge is -2.22. The van der Waals surface area contributed by atoms with E-state index in [1.165, 1.54) is 99.1 Å². The van der Waals surface area contributed by atoms with Crippen LogP contribution in [0.2, 0.25) is 0 Å². The molecule has 228 valence electrons. The first-order chi connectivity index (χ1) is 23.3. The van der Waals surface area contributed by atoms with Gasteiger partial charge in [0, 0.05) is 10.8 Å². The summed E-state index contributed by atoms with van der Waals surface area (Å²) >= 11 is 0. The highest BCUT2D eigenvalue weighted by atomic mass is 14.4. The van der Waals surface area contributed by atoms with Gasteiger partial charge in [0.25, 0.3) is 0 Å². The molecule has 0 saturated heterocycles. The first-order valence-corrected chi connectivity index (χ1v) is 17.2. The molecular weight excluding hydrogens is 577 g/mol. The van der Waals surface area contributed by atoms with E-state index in [1.807, 2.05) is 0 Å². The van der Waals surface area contributed by atoms with Crippen molar-refractivity contribution in [1.29, 1.82) is 0 Å². The van der Waals surface area contributed by atoms with Crippen LogP contribution in [0, 0.1) is 0 Å². The molecule has 0 spiro atoms. The van der Waals surface area contributed by atoms with E-state index >= 15 is 0 Å². The molecule has 0 N–H and O–H groups in total. The lowest BCUT2D eigenvalue weighted by molar-refractivity contribution is 0.660. The summed E-state index contributed by atoms with van der Waals surface area (Å²) in [5, 5.41) is 7.76. The predicted molar refractivity (Wildman–Crippen MR) is 205 cm³/mol. The van der Waals surface area contributed by atoms with Crippen molar-refractivity contribution >= 4 is 32.3 Å². The van der Waals surface area contributed by atoms with Gasteiger partial charge in [-0.15, -0.1) is 0 Å². The van der Waals surface area contributed by atoms with Crippen molar-refractivity contribution in [2.24, 2.45) is 0 Å². The molecule has 0 aromatic heterocycles. The van der Waals surface area contributed by atoms with Crippen LogP contribution in [-0.4, -0.2) is 0 Å². The Hall–Kier alpha value is -5.46. The molecule has 2 aliphatic rings. The van der Waals surface area contributed by atoms with Crippen molar-refractivity contribution < 1.29 is 0 Å². The standard InChI is InChI=1S/C48H36/c1-47(2)43-11-7-5-9-37(43)39-23-19-33(27-45(39)47)31-15-13-29-17-22-36-35(41(29)25-31)21-18-30-14-16-32(26-42(30)36)34-20-24-40-38-10-6-8-12-44(38)48(3,4)46(40)28-34/h5-28H,1-4H3. The third kappa shape index (κ3) is 3.72. The van der Waals surface area contributed by atoms with E-state index in [2.05, 4.69) is 173 Å². The van der Waals surface area contributed by atoms with Crippen molar-refractivity contribution in [2.45, 2.75) is 38.5 Å². The van der Waals surface area contributed by atoms with Gasteiger partial charge in [0.2, 0.25) is 0 Å². The molecule has 0 radical (unpaired) electrons. The average molecular weight is 613 g/mol.